The van der Waals surface area contributed by atoms with Crippen LogP contribution in [0.4, 0.5) is 17.3 Å². The second-order valence-corrected chi connectivity index (χ2v) is 9.73. The van der Waals surface area contributed by atoms with E-state index in [0.717, 1.165) is 50.6 Å². The van der Waals surface area contributed by atoms with Gasteiger partial charge in [-0.25, -0.2) is 9.97 Å². The standard InChI is InChI=1S/C28H32N8O2/c29-27(20-2-1-8-30-14-20)25(15-32-22-16-37-17-22)26-7-9-31-28(34-26)33-21-3-5-23(6-4-21)35-10-12-36(13-11-35)24-18-38-19-24/h1-9,14-15,22,24,29,32H,10-13,16-19H2,(H,31,33,34)/b25-15-,29-27?. The average molecular weight is 513 g/mol. The fourth-order valence-electron chi connectivity index (χ4n) is 4.71. The predicted octanol–water partition coefficient (Wildman–Crippen LogP) is 2.53. The van der Waals surface area contributed by atoms with Crippen molar-refractivity contribution in [3.8, 4) is 0 Å². The van der Waals surface area contributed by atoms with Gasteiger partial charge in [0, 0.05) is 73.5 Å². The second-order valence-electron chi connectivity index (χ2n) is 9.73. The van der Waals surface area contributed by atoms with Crippen molar-refractivity contribution >= 4 is 28.6 Å². The number of piperazine rings is 1. The van der Waals surface area contributed by atoms with E-state index in [0.29, 0.717) is 42.2 Å². The number of nitrogens with one attached hydrogen (secondary N) is 3. The van der Waals surface area contributed by atoms with E-state index >= 15 is 0 Å². The fraction of sp³-hybridized carbons (Fsp3) is 0.357. The van der Waals surface area contributed by atoms with Gasteiger partial charge in [0.05, 0.1) is 49.9 Å². The lowest BCUT2D eigenvalue weighted by atomic mass is 10.0. The van der Waals surface area contributed by atoms with E-state index in [9.17, 15) is 0 Å². The molecule has 5 heterocycles. The van der Waals surface area contributed by atoms with Crippen LogP contribution in [0.1, 0.15) is 11.3 Å². The van der Waals surface area contributed by atoms with Crippen LogP contribution in [0.25, 0.3) is 5.57 Å². The van der Waals surface area contributed by atoms with Crippen molar-refractivity contribution in [2.75, 3.05) is 62.8 Å². The van der Waals surface area contributed by atoms with E-state index in [4.69, 9.17) is 19.9 Å². The highest BCUT2D eigenvalue weighted by molar-refractivity contribution is 6.29. The molecule has 0 radical (unpaired) electrons. The molecule has 0 saturated carbocycles. The number of anilines is 3. The van der Waals surface area contributed by atoms with Gasteiger partial charge < -0.3 is 25.0 Å². The van der Waals surface area contributed by atoms with Gasteiger partial charge in [0.2, 0.25) is 5.95 Å². The maximum atomic E-state index is 8.83. The molecule has 0 amide bonds. The molecule has 0 spiro atoms. The summed E-state index contributed by atoms with van der Waals surface area (Å²) in [7, 11) is 0. The Hall–Kier alpha value is -3.86. The molecule has 38 heavy (non-hydrogen) atoms. The number of allylic oxidation sites excluding steroid dienone is 1. The van der Waals surface area contributed by atoms with Crippen LogP contribution < -0.4 is 15.5 Å². The van der Waals surface area contributed by atoms with Crippen molar-refractivity contribution in [1.29, 1.82) is 5.41 Å². The predicted molar refractivity (Wildman–Crippen MR) is 147 cm³/mol. The number of hydrogen-bond acceptors (Lipinski definition) is 10. The maximum Gasteiger partial charge on any atom is 0.227 e. The molecule has 3 aliphatic rings. The Morgan fingerprint density at radius 1 is 0.947 bits per heavy atom. The fourth-order valence-corrected chi connectivity index (χ4v) is 4.71. The van der Waals surface area contributed by atoms with Crippen LogP contribution in [0.3, 0.4) is 0 Å². The van der Waals surface area contributed by atoms with Crippen LogP contribution in [0.15, 0.2) is 67.3 Å². The lowest BCUT2D eigenvalue weighted by Crippen LogP contribution is -2.56. The third kappa shape index (κ3) is 5.52. The number of nitrogens with zero attached hydrogens (tertiary/aromatic N) is 5. The molecule has 196 valence electrons. The third-order valence-corrected chi connectivity index (χ3v) is 7.19. The second kappa shape index (κ2) is 11.3. The topological polar surface area (TPSA) is 112 Å². The van der Waals surface area contributed by atoms with Gasteiger partial charge in [0.1, 0.15) is 0 Å². The van der Waals surface area contributed by atoms with Crippen LogP contribution in [0, 0.1) is 5.41 Å². The van der Waals surface area contributed by atoms with Gasteiger partial charge in [-0.05, 0) is 42.5 Å². The highest BCUT2D eigenvalue weighted by atomic mass is 16.5. The molecule has 1 aromatic carbocycles. The normalized spacial score (nSPS) is 18.9. The smallest absolute Gasteiger partial charge is 0.227 e. The molecule has 6 rings (SSSR count). The van der Waals surface area contributed by atoms with Crippen molar-refractivity contribution in [3.05, 3.63) is 78.5 Å². The van der Waals surface area contributed by atoms with E-state index in [-0.39, 0.29) is 6.04 Å². The van der Waals surface area contributed by atoms with Gasteiger partial charge in [-0.15, -0.1) is 0 Å². The molecule has 3 aliphatic heterocycles. The largest absolute Gasteiger partial charge is 0.383 e. The summed E-state index contributed by atoms with van der Waals surface area (Å²) in [5, 5.41) is 15.5. The summed E-state index contributed by atoms with van der Waals surface area (Å²) in [6.07, 6.45) is 6.95. The van der Waals surface area contributed by atoms with E-state index in [1.807, 2.05) is 24.4 Å². The van der Waals surface area contributed by atoms with Gasteiger partial charge in [-0.2, -0.15) is 0 Å². The summed E-state index contributed by atoms with van der Waals surface area (Å²) in [5.41, 5.74) is 4.50. The van der Waals surface area contributed by atoms with Gasteiger partial charge >= 0.3 is 0 Å². The molecule has 0 aliphatic carbocycles. The van der Waals surface area contributed by atoms with E-state index in [1.165, 1.54) is 5.69 Å². The Labute approximate surface area is 222 Å². The van der Waals surface area contributed by atoms with Crippen molar-refractivity contribution in [2.45, 2.75) is 12.1 Å². The van der Waals surface area contributed by atoms with Crippen LogP contribution in [0.2, 0.25) is 0 Å². The molecule has 0 unspecified atom stereocenters. The molecular weight excluding hydrogens is 480 g/mol. The number of rotatable bonds is 9. The highest BCUT2D eigenvalue weighted by Gasteiger charge is 2.28. The minimum atomic E-state index is 0.236. The zero-order chi connectivity index (χ0) is 25.7. The van der Waals surface area contributed by atoms with E-state index < -0.39 is 0 Å². The number of aromatic nitrogens is 3. The average Bonchev–Trinajstić information content (AvgIpc) is 2.90. The Morgan fingerprint density at radius 2 is 1.74 bits per heavy atom. The molecule has 0 bridgehead atoms. The summed E-state index contributed by atoms with van der Waals surface area (Å²) in [6, 6.07) is 14.8. The molecule has 2 aromatic heterocycles. The van der Waals surface area contributed by atoms with Gasteiger partial charge in [-0.3, -0.25) is 15.3 Å². The Morgan fingerprint density at radius 3 is 2.39 bits per heavy atom. The van der Waals surface area contributed by atoms with Gasteiger partial charge in [-0.1, -0.05) is 0 Å². The monoisotopic (exact) mass is 512 g/mol. The zero-order valence-corrected chi connectivity index (χ0v) is 21.2. The van der Waals surface area contributed by atoms with Crippen molar-refractivity contribution in [1.82, 2.24) is 25.2 Å². The summed E-state index contributed by atoms with van der Waals surface area (Å²) in [4.78, 5) is 18.3. The highest BCUT2D eigenvalue weighted by Crippen LogP contribution is 2.24. The Bertz CT molecular complexity index is 1270. The number of benzene rings is 1. The minimum absolute atomic E-state index is 0.236. The summed E-state index contributed by atoms with van der Waals surface area (Å²) < 4.78 is 10.6. The molecule has 3 saturated heterocycles. The van der Waals surface area contributed by atoms with Crippen molar-refractivity contribution in [3.63, 3.8) is 0 Å². The van der Waals surface area contributed by atoms with Crippen LogP contribution in [-0.4, -0.2) is 90.3 Å². The van der Waals surface area contributed by atoms with Gasteiger partial charge in [0.15, 0.2) is 0 Å². The molecule has 3 fully saturated rings. The summed E-state index contributed by atoms with van der Waals surface area (Å²) in [5.74, 6) is 0.475. The molecule has 3 aromatic rings. The van der Waals surface area contributed by atoms with Crippen LogP contribution in [-0.2, 0) is 9.47 Å². The number of hydrogen-bond donors (Lipinski definition) is 3. The number of pyridine rings is 1. The lowest BCUT2D eigenvalue weighted by molar-refractivity contribution is -0.0660. The Balaban J connectivity index is 1.14. The SMILES string of the molecule is N=C(/C(=C\NC1COC1)c1ccnc(Nc2ccc(N3CCN(C4COC4)CC3)cc2)n1)c1cccnc1. The molecule has 10 heteroatoms. The quantitative estimate of drug-likeness (QED) is 0.373. The van der Waals surface area contributed by atoms with Crippen LogP contribution >= 0.6 is 0 Å². The lowest BCUT2D eigenvalue weighted by Gasteiger charge is -2.43. The minimum Gasteiger partial charge on any atom is -0.383 e. The first kappa shape index (κ1) is 24.5. The Kier molecular flexibility index (Phi) is 7.25. The van der Waals surface area contributed by atoms with Crippen molar-refractivity contribution in [2.24, 2.45) is 0 Å². The van der Waals surface area contributed by atoms with Gasteiger partial charge in [0.25, 0.3) is 0 Å². The molecule has 0 atom stereocenters. The first-order chi connectivity index (χ1) is 18.7. The molecule has 10 nitrogen and oxygen atoms in total. The maximum absolute atomic E-state index is 8.83. The first-order valence-corrected chi connectivity index (χ1v) is 13.0. The first-order valence-electron chi connectivity index (χ1n) is 13.0. The van der Waals surface area contributed by atoms with Crippen LogP contribution in [0.5, 0.6) is 0 Å². The van der Waals surface area contributed by atoms with E-state index in [2.05, 4.69) is 54.7 Å². The third-order valence-electron chi connectivity index (χ3n) is 7.19. The van der Waals surface area contributed by atoms with E-state index in [1.54, 1.807) is 18.6 Å². The summed E-state index contributed by atoms with van der Waals surface area (Å²) >= 11 is 0. The molecular formula is C28H32N8O2. The number of ether oxygens (including phenoxy) is 2. The zero-order valence-electron chi connectivity index (χ0n) is 21.2. The summed E-state index contributed by atoms with van der Waals surface area (Å²) in [6.45, 7) is 7.24. The van der Waals surface area contributed by atoms with Crippen molar-refractivity contribution < 1.29 is 9.47 Å². The molecule has 3 N–H and O–H groups in total.